The molecular formula is C16H26N2. The summed E-state index contributed by atoms with van der Waals surface area (Å²) in [7, 11) is 0. The lowest BCUT2D eigenvalue weighted by molar-refractivity contribution is 0.229. The van der Waals surface area contributed by atoms with Crippen molar-refractivity contribution in [2.75, 3.05) is 18.0 Å². The average Bonchev–Trinajstić information content (AvgIpc) is 2.38. The quantitative estimate of drug-likeness (QED) is 0.882. The van der Waals surface area contributed by atoms with E-state index in [-0.39, 0.29) is 5.54 Å². The fourth-order valence-electron chi connectivity index (χ4n) is 2.89. The number of nitrogens with two attached hydrogens (primary N) is 1. The number of rotatable bonds is 4. The smallest absolute Gasteiger partial charge is 0.0366 e. The van der Waals surface area contributed by atoms with Crippen LogP contribution in [0, 0.1) is 5.92 Å². The van der Waals surface area contributed by atoms with Gasteiger partial charge in [0.2, 0.25) is 0 Å². The molecule has 2 heteroatoms. The van der Waals surface area contributed by atoms with E-state index in [1.165, 1.54) is 24.9 Å². The zero-order valence-electron chi connectivity index (χ0n) is 11.7. The Balaban J connectivity index is 2.05. The van der Waals surface area contributed by atoms with Crippen LogP contribution in [-0.4, -0.2) is 18.6 Å². The highest BCUT2D eigenvalue weighted by Gasteiger charge is 2.35. The molecule has 2 rings (SSSR count). The molecule has 0 aromatic heterocycles. The molecule has 1 aromatic carbocycles. The molecule has 1 aromatic rings. The van der Waals surface area contributed by atoms with Crippen LogP contribution < -0.4 is 10.6 Å². The van der Waals surface area contributed by atoms with E-state index in [4.69, 9.17) is 5.73 Å². The molecule has 0 spiro atoms. The van der Waals surface area contributed by atoms with E-state index in [2.05, 4.69) is 49.1 Å². The second kappa shape index (κ2) is 5.75. The van der Waals surface area contributed by atoms with Gasteiger partial charge in [-0.2, -0.15) is 0 Å². The van der Waals surface area contributed by atoms with Crippen molar-refractivity contribution < 1.29 is 0 Å². The van der Waals surface area contributed by atoms with Gasteiger partial charge in [-0.25, -0.2) is 0 Å². The van der Waals surface area contributed by atoms with Crippen LogP contribution in [0.2, 0.25) is 0 Å². The summed E-state index contributed by atoms with van der Waals surface area (Å²) < 4.78 is 0. The highest BCUT2D eigenvalue weighted by Crippen LogP contribution is 2.31. The SMILES string of the molecule is CCCC[C@H]1CN(c2ccccc2)CC[C@]1(C)N. The van der Waals surface area contributed by atoms with E-state index in [9.17, 15) is 0 Å². The van der Waals surface area contributed by atoms with Gasteiger partial charge in [0.1, 0.15) is 0 Å². The molecule has 1 heterocycles. The Kier molecular flexibility index (Phi) is 4.28. The van der Waals surface area contributed by atoms with Crippen molar-refractivity contribution in [3.8, 4) is 0 Å². The van der Waals surface area contributed by atoms with Gasteiger partial charge in [0, 0.05) is 24.3 Å². The van der Waals surface area contributed by atoms with Gasteiger partial charge in [-0.05, 0) is 37.8 Å². The summed E-state index contributed by atoms with van der Waals surface area (Å²) >= 11 is 0. The first-order chi connectivity index (χ1) is 8.63. The monoisotopic (exact) mass is 246 g/mol. The number of hydrogen-bond acceptors (Lipinski definition) is 2. The van der Waals surface area contributed by atoms with Gasteiger partial charge >= 0.3 is 0 Å². The molecule has 0 unspecified atom stereocenters. The minimum atomic E-state index is 0.0143. The summed E-state index contributed by atoms with van der Waals surface area (Å²) in [4.78, 5) is 2.49. The van der Waals surface area contributed by atoms with Crippen molar-refractivity contribution in [1.29, 1.82) is 0 Å². The van der Waals surface area contributed by atoms with Crippen molar-refractivity contribution >= 4 is 5.69 Å². The van der Waals surface area contributed by atoms with Crippen molar-refractivity contribution in [3.05, 3.63) is 30.3 Å². The van der Waals surface area contributed by atoms with E-state index in [1.54, 1.807) is 0 Å². The Hall–Kier alpha value is -1.02. The number of piperidine rings is 1. The minimum absolute atomic E-state index is 0.0143. The number of anilines is 1. The lowest BCUT2D eigenvalue weighted by Gasteiger charge is -2.45. The van der Waals surface area contributed by atoms with Gasteiger partial charge in [0.05, 0.1) is 0 Å². The van der Waals surface area contributed by atoms with E-state index in [1.807, 2.05) is 0 Å². The van der Waals surface area contributed by atoms with Gasteiger partial charge in [0.15, 0.2) is 0 Å². The summed E-state index contributed by atoms with van der Waals surface area (Å²) in [6.07, 6.45) is 4.90. The molecule has 0 aliphatic carbocycles. The summed E-state index contributed by atoms with van der Waals surface area (Å²) in [6.45, 7) is 6.68. The number of benzene rings is 1. The fraction of sp³-hybridized carbons (Fsp3) is 0.625. The largest absolute Gasteiger partial charge is 0.371 e. The summed E-state index contributed by atoms with van der Waals surface area (Å²) in [5.41, 5.74) is 7.83. The predicted molar refractivity (Wildman–Crippen MR) is 78.9 cm³/mol. The first-order valence-corrected chi connectivity index (χ1v) is 7.22. The molecule has 1 aliphatic rings. The molecule has 0 saturated carbocycles. The van der Waals surface area contributed by atoms with Gasteiger partial charge in [-0.15, -0.1) is 0 Å². The number of hydrogen-bond donors (Lipinski definition) is 1. The predicted octanol–water partition coefficient (Wildman–Crippen LogP) is 3.42. The second-order valence-corrected chi connectivity index (χ2v) is 5.88. The van der Waals surface area contributed by atoms with Crippen molar-refractivity contribution in [2.24, 2.45) is 11.7 Å². The number of para-hydroxylation sites is 1. The Morgan fingerprint density at radius 3 is 2.72 bits per heavy atom. The lowest BCUT2D eigenvalue weighted by Crippen LogP contribution is -2.55. The first-order valence-electron chi connectivity index (χ1n) is 7.22. The Bertz CT molecular complexity index is 359. The van der Waals surface area contributed by atoms with Crippen LogP contribution in [0.5, 0.6) is 0 Å². The molecule has 2 N–H and O–H groups in total. The standard InChI is InChI=1S/C16H26N2/c1-3-4-8-14-13-18(12-11-16(14,2)17)15-9-6-5-7-10-15/h5-7,9-10,14H,3-4,8,11-13,17H2,1-2H3/t14-,16-/m0/s1. The summed E-state index contributed by atoms with van der Waals surface area (Å²) in [6, 6.07) is 10.7. The van der Waals surface area contributed by atoms with Gasteiger partial charge < -0.3 is 10.6 Å². The third-order valence-electron chi connectivity index (χ3n) is 4.32. The van der Waals surface area contributed by atoms with Crippen molar-refractivity contribution in [1.82, 2.24) is 0 Å². The second-order valence-electron chi connectivity index (χ2n) is 5.88. The Morgan fingerprint density at radius 2 is 2.06 bits per heavy atom. The highest BCUT2D eigenvalue weighted by molar-refractivity contribution is 5.46. The minimum Gasteiger partial charge on any atom is -0.371 e. The summed E-state index contributed by atoms with van der Waals surface area (Å²) in [5.74, 6) is 0.617. The Morgan fingerprint density at radius 1 is 1.33 bits per heavy atom. The van der Waals surface area contributed by atoms with Crippen LogP contribution in [0.4, 0.5) is 5.69 Å². The molecule has 0 bridgehead atoms. The van der Waals surface area contributed by atoms with Gasteiger partial charge in [-0.3, -0.25) is 0 Å². The lowest BCUT2D eigenvalue weighted by atomic mass is 9.77. The normalized spacial score (nSPS) is 28.4. The molecule has 18 heavy (non-hydrogen) atoms. The third-order valence-corrected chi connectivity index (χ3v) is 4.32. The van der Waals surface area contributed by atoms with Crippen LogP contribution in [0.15, 0.2) is 30.3 Å². The molecular weight excluding hydrogens is 220 g/mol. The topological polar surface area (TPSA) is 29.3 Å². The maximum Gasteiger partial charge on any atom is 0.0366 e. The van der Waals surface area contributed by atoms with Crippen LogP contribution in [0.1, 0.15) is 39.5 Å². The zero-order chi connectivity index (χ0) is 13.0. The Labute approximate surface area is 111 Å². The first kappa shape index (κ1) is 13.4. The van der Waals surface area contributed by atoms with Gasteiger partial charge in [0.25, 0.3) is 0 Å². The van der Waals surface area contributed by atoms with E-state index < -0.39 is 0 Å². The molecule has 0 amide bonds. The molecule has 1 fully saturated rings. The fourth-order valence-corrected chi connectivity index (χ4v) is 2.89. The molecule has 1 saturated heterocycles. The van der Waals surface area contributed by atoms with E-state index in [0.29, 0.717) is 5.92 Å². The summed E-state index contributed by atoms with van der Waals surface area (Å²) in [5, 5.41) is 0. The average molecular weight is 246 g/mol. The third kappa shape index (κ3) is 3.05. The molecule has 1 aliphatic heterocycles. The molecule has 2 nitrogen and oxygen atoms in total. The maximum atomic E-state index is 6.48. The van der Waals surface area contributed by atoms with Crippen LogP contribution in [0.25, 0.3) is 0 Å². The molecule has 100 valence electrons. The zero-order valence-corrected chi connectivity index (χ0v) is 11.7. The van der Waals surface area contributed by atoms with E-state index in [0.717, 1.165) is 19.5 Å². The van der Waals surface area contributed by atoms with Crippen LogP contribution in [-0.2, 0) is 0 Å². The highest BCUT2D eigenvalue weighted by atomic mass is 15.2. The number of nitrogens with zero attached hydrogens (tertiary/aromatic N) is 1. The van der Waals surface area contributed by atoms with Gasteiger partial charge in [-0.1, -0.05) is 38.0 Å². The number of unbranched alkanes of at least 4 members (excludes halogenated alkanes) is 1. The maximum absolute atomic E-state index is 6.48. The molecule has 0 radical (unpaired) electrons. The van der Waals surface area contributed by atoms with Crippen LogP contribution in [0.3, 0.4) is 0 Å². The van der Waals surface area contributed by atoms with Crippen LogP contribution >= 0.6 is 0 Å². The molecule has 2 atom stereocenters. The van der Waals surface area contributed by atoms with Crippen molar-refractivity contribution in [3.63, 3.8) is 0 Å². The van der Waals surface area contributed by atoms with E-state index >= 15 is 0 Å². The van der Waals surface area contributed by atoms with Crippen molar-refractivity contribution in [2.45, 2.75) is 45.1 Å².